The Balaban J connectivity index is 1.86. The van der Waals surface area contributed by atoms with Crippen molar-refractivity contribution in [3.63, 3.8) is 0 Å². The molecule has 0 aliphatic carbocycles. The molecule has 0 aromatic carbocycles. The minimum Gasteiger partial charge on any atom is -0.396 e. The smallest absolute Gasteiger partial charge is 0.0556 e. The molecule has 0 aromatic rings. The summed E-state index contributed by atoms with van der Waals surface area (Å²) in [6.45, 7) is 5.92. The zero-order chi connectivity index (χ0) is 12.8. The van der Waals surface area contributed by atoms with Crippen LogP contribution in [0.3, 0.4) is 0 Å². The first-order valence-electron chi connectivity index (χ1n) is 7.18. The Labute approximate surface area is 110 Å². The molecule has 2 atom stereocenters. The van der Waals surface area contributed by atoms with Gasteiger partial charge in [-0.05, 0) is 38.1 Å². The number of aliphatic hydroxyl groups excluding tert-OH is 1. The summed E-state index contributed by atoms with van der Waals surface area (Å²) in [5.41, 5.74) is -0.0206. The maximum Gasteiger partial charge on any atom is 0.0556 e. The van der Waals surface area contributed by atoms with Gasteiger partial charge in [0.2, 0.25) is 0 Å². The number of nitrogens with zero attached hydrogens (tertiary/aromatic N) is 1. The summed E-state index contributed by atoms with van der Waals surface area (Å²) in [4.78, 5) is 2.50. The van der Waals surface area contributed by atoms with Crippen molar-refractivity contribution >= 4 is 0 Å². The van der Waals surface area contributed by atoms with Crippen LogP contribution in [0.15, 0.2) is 0 Å². The second-order valence-corrected chi connectivity index (χ2v) is 6.01. The SMILES string of the molecule is COCC1CCCN(CC2(CO)CCCOC2)C1. The molecule has 0 saturated carbocycles. The van der Waals surface area contributed by atoms with E-state index in [4.69, 9.17) is 9.47 Å². The van der Waals surface area contributed by atoms with Crippen LogP contribution in [-0.4, -0.2) is 63.2 Å². The van der Waals surface area contributed by atoms with Gasteiger partial charge < -0.3 is 19.5 Å². The lowest BCUT2D eigenvalue weighted by Crippen LogP contribution is -2.48. The van der Waals surface area contributed by atoms with Gasteiger partial charge in [-0.15, -0.1) is 0 Å². The minimum atomic E-state index is -0.0206. The van der Waals surface area contributed by atoms with E-state index in [2.05, 4.69) is 4.90 Å². The van der Waals surface area contributed by atoms with Crippen LogP contribution in [0.5, 0.6) is 0 Å². The van der Waals surface area contributed by atoms with E-state index in [0.29, 0.717) is 5.92 Å². The highest BCUT2D eigenvalue weighted by molar-refractivity contribution is 4.86. The highest BCUT2D eigenvalue weighted by Crippen LogP contribution is 2.30. The van der Waals surface area contributed by atoms with Gasteiger partial charge in [0.1, 0.15) is 0 Å². The van der Waals surface area contributed by atoms with Crippen LogP contribution in [0.1, 0.15) is 25.7 Å². The Morgan fingerprint density at radius 1 is 1.44 bits per heavy atom. The van der Waals surface area contributed by atoms with Crippen molar-refractivity contribution in [1.82, 2.24) is 4.90 Å². The van der Waals surface area contributed by atoms with Crippen molar-refractivity contribution in [2.24, 2.45) is 11.3 Å². The molecular weight excluding hydrogens is 230 g/mol. The molecule has 0 radical (unpaired) electrons. The molecule has 2 heterocycles. The van der Waals surface area contributed by atoms with Crippen LogP contribution in [0, 0.1) is 11.3 Å². The van der Waals surface area contributed by atoms with Crippen LogP contribution in [0.2, 0.25) is 0 Å². The molecule has 2 rings (SSSR count). The number of piperidine rings is 1. The Morgan fingerprint density at radius 2 is 2.33 bits per heavy atom. The fourth-order valence-corrected chi connectivity index (χ4v) is 3.35. The van der Waals surface area contributed by atoms with Gasteiger partial charge in [-0.1, -0.05) is 0 Å². The van der Waals surface area contributed by atoms with Gasteiger partial charge in [0.15, 0.2) is 0 Å². The van der Waals surface area contributed by atoms with Gasteiger partial charge >= 0.3 is 0 Å². The number of likely N-dealkylation sites (tertiary alicyclic amines) is 1. The lowest BCUT2D eigenvalue weighted by Gasteiger charge is -2.42. The molecule has 2 unspecified atom stereocenters. The molecular formula is C14H27NO3. The lowest BCUT2D eigenvalue weighted by atomic mass is 9.82. The second-order valence-electron chi connectivity index (χ2n) is 6.01. The maximum absolute atomic E-state index is 9.71. The van der Waals surface area contributed by atoms with Crippen molar-refractivity contribution in [2.75, 3.05) is 53.2 Å². The molecule has 2 aliphatic rings. The van der Waals surface area contributed by atoms with E-state index in [1.807, 2.05) is 0 Å². The number of methoxy groups -OCH3 is 1. The lowest BCUT2D eigenvalue weighted by molar-refractivity contribution is -0.0617. The summed E-state index contributed by atoms with van der Waals surface area (Å²) >= 11 is 0. The molecule has 2 saturated heterocycles. The van der Waals surface area contributed by atoms with Crippen molar-refractivity contribution in [3.05, 3.63) is 0 Å². The normalized spacial score (nSPS) is 34.7. The molecule has 0 spiro atoms. The number of ether oxygens (including phenoxy) is 2. The van der Waals surface area contributed by atoms with Gasteiger partial charge in [0.05, 0.1) is 19.8 Å². The summed E-state index contributed by atoms with van der Waals surface area (Å²) in [6.07, 6.45) is 4.69. The number of aliphatic hydroxyl groups is 1. The van der Waals surface area contributed by atoms with Crippen molar-refractivity contribution in [1.29, 1.82) is 0 Å². The predicted molar refractivity (Wildman–Crippen MR) is 70.6 cm³/mol. The zero-order valence-electron chi connectivity index (χ0n) is 11.6. The first kappa shape index (κ1) is 14.3. The molecule has 2 aliphatic heterocycles. The summed E-state index contributed by atoms with van der Waals surface area (Å²) in [6, 6.07) is 0. The summed E-state index contributed by atoms with van der Waals surface area (Å²) < 4.78 is 10.9. The largest absolute Gasteiger partial charge is 0.396 e. The Kier molecular flexibility index (Phi) is 5.42. The van der Waals surface area contributed by atoms with Crippen LogP contribution in [-0.2, 0) is 9.47 Å². The van der Waals surface area contributed by atoms with E-state index >= 15 is 0 Å². The van der Waals surface area contributed by atoms with Gasteiger partial charge in [0, 0.05) is 32.2 Å². The average molecular weight is 257 g/mol. The standard InChI is InChI=1S/C14H27NO3/c1-17-9-13-4-2-6-15(8-13)10-14(11-16)5-3-7-18-12-14/h13,16H,2-12H2,1H3. The summed E-state index contributed by atoms with van der Waals surface area (Å²) in [7, 11) is 1.78. The molecule has 0 aromatic heterocycles. The van der Waals surface area contributed by atoms with Crippen molar-refractivity contribution in [2.45, 2.75) is 25.7 Å². The van der Waals surface area contributed by atoms with Gasteiger partial charge in [-0.2, -0.15) is 0 Å². The van der Waals surface area contributed by atoms with E-state index in [0.717, 1.165) is 52.3 Å². The summed E-state index contributed by atoms with van der Waals surface area (Å²) in [5, 5.41) is 9.71. The van der Waals surface area contributed by atoms with Gasteiger partial charge in [-0.25, -0.2) is 0 Å². The molecule has 4 nitrogen and oxygen atoms in total. The molecule has 2 fully saturated rings. The third-order valence-corrected chi connectivity index (χ3v) is 4.30. The minimum absolute atomic E-state index is 0.0206. The van der Waals surface area contributed by atoms with Gasteiger partial charge in [0.25, 0.3) is 0 Å². The van der Waals surface area contributed by atoms with Crippen molar-refractivity contribution in [3.8, 4) is 0 Å². The Morgan fingerprint density at radius 3 is 3.00 bits per heavy atom. The Hall–Kier alpha value is -0.160. The zero-order valence-corrected chi connectivity index (χ0v) is 11.6. The monoisotopic (exact) mass is 257 g/mol. The topological polar surface area (TPSA) is 41.9 Å². The number of hydrogen-bond acceptors (Lipinski definition) is 4. The molecule has 0 amide bonds. The molecule has 106 valence electrons. The molecule has 4 heteroatoms. The van der Waals surface area contributed by atoms with Crippen molar-refractivity contribution < 1.29 is 14.6 Å². The van der Waals surface area contributed by atoms with Crippen LogP contribution in [0.25, 0.3) is 0 Å². The van der Waals surface area contributed by atoms with E-state index in [1.165, 1.54) is 12.8 Å². The fraction of sp³-hybridized carbons (Fsp3) is 1.00. The predicted octanol–water partition coefficient (Wildman–Crippen LogP) is 1.13. The number of rotatable bonds is 5. The van der Waals surface area contributed by atoms with E-state index in [1.54, 1.807) is 7.11 Å². The van der Waals surface area contributed by atoms with Crippen LogP contribution >= 0.6 is 0 Å². The first-order chi connectivity index (χ1) is 8.78. The fourth-order valence-electron chi connectivity index (χ4n) is 3.35. The molecule has 0 bridgehead atoms. The highest BCUT2D eigenvalue weighted by atomic mass is 16.5. The Bertz CT molecular complexity index is 239. The third-order valence-electron chi connectivity index (χ3n) is 4.30. The number of hydrogen-bond donors (Lipinski definition) is 1. The van der Waals surface area contributed by atoms with E-state index < -0.39 is 0 Å². The second kappa shape index (κ2) is 6.85. The molecule has 18 heavy (non-hydrogen) atoms. The quantitative estimate of drug-likeness (QED) is 0.802. The van der Waals surface area contributed by atoms with Gasteiger partial charge in [-0.3, -0.25) is 0 Å². The van der Waals surface area contributed by atoms with Crippen LogP contribution in [0.4, 0.5) is 0 Å². The highest BCUT2D eigenvalue weighted by Gasteiger charge is 2.35. The van der Waals surface area contributed by atoms with E-state index in [9.17, 15) is 5.11 Å². The maximum atomic E-state index is 9.71. The average Bonchev–Trinajstić information content (AvgIpc) is 2.41. The van der Waals surface area contributed by atoms with Crippen LogP contribution < -0.4 is 0 Å². The molecule has 1 N–H and O–H groups in total. The van der Waals surface area contributed by atoms with E-state index in [-0.39, 0.29) is 12.0 Å². The first-order valence-corrected chi connectivity index (χ1v) is 7.18. The summed E-state index contributed by atoms with van der Waals surface area (Å²) in [5.74, 6) is 0.656. The third kappa shape index (κ3) is 3.67.